The van der Waals surface area contributed by atoms with E-state index in [4.69, 9.17) is 4.74 Å². The number of hydrogen-bond acceptors (Lipinski definition) is 6. The summed E-state index contributed by atoms with van der Waals surface area (Å²) < 4.78 is 20.7. The highest BCUT2D eigenvalue weighted by Gasteiger charge is 2.35. The molecule has 2 aromatic carbocycles. The van der Waals surface area contributed by atoms with E-state index in [1.807, 2.05) is 24.3 Å². The fourth-order valence-electron chi connectivity index (χ4n) is 3.66. The van der Waals surface area contributed by atoms with E-state index >= 15 is 0 Å². The molecule has 0 unspecified atom stereocenters. The van der Waals surface area contributed by atoms with Gasteiger partial charge in [-0.3, -0.25) is 4.79 Å². The van der Waals surface area contributed by atoms with E-state index in [-0.39, 0.29) is 11.7 Å². The van der Waals surface area contributed by atoms with Crippen molar-refractivity contribution in [3.8, 4) is 11.4 Å². The molecule has 0 fully saturated rings. The van der Waals surface area contributed by atoms with Gasteiger partial charge in [-0.2, -0.15) is 0 Å². The number of aromatic nitrogens is 3. The Morgan fingerprint density at radius 3 is 2.58 bits per heavy atom. The Balaban J connectivity index is 1.50. The SMILES string of the molecule is COC(=O)[C@@H]1Cc2ccccc2CN1C(=O)CSc1nnc(-c2ccccc2F)n1C. The Hall–Kier alpha value is -3.20. The molecule has 0 radical (unpaired) electrons. The van der Waals surface area contributed by atoms with Crippen LogP contribution in [0.3, 0.4) is 0 Å². The molecule has 0 N–H and O–H groups in total. The molecule has 0 saturated heterocycles. The van der Waals surface area contributed by atoms with E-state index in [1.54, 1.807) is 34.7 Å². The van der Waals surface area contributed by atoms with Crippen molar-refractivity contribution in [2.24, 2.45) is 7.05 Å². The lowest BCUT2D eigenvalue weighted by atomic mass is 9.94. The van der Waals surface area contributed by atoms with Crippen LogP contribution in [0.15, 0.2) is 53.7 Å². The standard InChI is InChI=1S/C22H21FN4O3S/c1-26-20(16-9-5-6-10-17(16)23)24-25-22(26)31-13-19(28)27-12-15-8-4-3-7-14(15)11-18(27)21(29)30-2/h3-10,18H,11-13H2,1-2H3/t18-/m0/s1. The fourth-order valence-corrected chi connectivity index (χ4v) is 4.46. The summed E-state index contributed by atoms with van der Waals surface area (Å²) >= 11 is 1.20. The highest BCUT2D eigenvalue weighted by atomic mass is 32.2. The quantitative estimate of drug-likeness (QED) is 0.449. The molecule has 1 atom stereocenters. The maximum absolute atomic E-state index is 14.1. The van der Waals surface area contributed by atoms with Crippen LogP contribution in [0.1, 0.15) is 11.1 Å². The number of nitrogens with zero attached hydrogens (tertiary/aromatic N) is 4. The molecule has 1 aliphatic heterocycles. The van der Waals surface area contributed by atoms with Gasteiger partial charge in [-0.15, -0.1) is 10.2 Å². The first kappa shape index (κ1) is 21.0. The molecule has 3 aromatic rings. The average Bonchev–Trinajstić information content (AvgIpc) is 3.16. The Morgan fingerprint density at radius 2 is 1.84 bits per heavy atom. The molecule has 4 rings (SSSR count). The minimum Gasteiger partial charge on any atom is -0.467 e. The van der Waals surface area contributed by atoms with Crippen LogP contribution in [0.4, 0.5) is 4.39 Å². The zero-order valence-electron chi connectivity index (χ0n) is 17.1. The van der Waals surface area contributed by atoms with E-state index in [0.29, 0.717) is 29.5 Å². The molecule has 1 aromatic heterocycles. The molecule has 0 aliphatic carbocycles. The second-order valence-corrected chi connectivity index (χ2v) is 8.11. The number of thioether (sulfide) groups is 1. The van der Waals surface area contributed by atoms with Crippen LogP contribution in [0.25, 0.3) is 11.4 Å². The number of methoxy groups -OCH3 is 1. The van der Waals surface area contributed by atoms with Crippen LogP contribution >= 0.6 is 11.8 Å². The van der Waals surface area contributed by atoms with Crippen molar-refractivity contribution >= 4 is 23.6 Å². The van der Waals surface area contributed by atoms with Gasteiger partial charge in [-0.1, -0.05) is 48.2 Å². The molecular formula is C22H21FN4O3S. The van der Waals surface area contributed by atoms with Gasteiger partial charge in [0.15, 0.2) is 11.0 Å². The first-order chi connectivity index (χ1) is 15.0. The molecular weight excluding hydrogens is 419 g/mol. The normalized spacial score (nSPS) is 15.5. The second kappa shape index (κ2) is 8.89. The predicted octanol–water partition coefficient (Wildman–Crippen LogP) is 2.84. The minimum atomic E-state index is -0.665. The third kappa shape index (κ3) is 4.18. The molecule has 0 bridgehead atoms. The maximum Gasteiger partial charge on any atom is 0.328 e. The van der Waals surface area contributed by atoms with E-state index in [1.165, 1.54) is 24.9 Å². The number of hydrogen-bond donors (Lipinski definition) is 0. The summed E-state index contributed by atoms with van der Waals surface area (Å²) in [4.78, 5) is 26.9. The van der Waals surface area contributed by atoms with Crippen LogP contribution in [-0.4, -0.2) is 50.4 Å². The average molecular weight is 441 g/mol. The summed E-state index contributed by atoms with van der Waals surface area (Å²) in [6.45, 7) is 0.342. The third-order valence-electron chi connectivity index (χ3n) is 5.32. The molecule has 0 spiro atoms. The number of ether oxygens (including phenoxy) is 1. The first-order valence-electron chi connectivity index (χ1n) is 9.70. The van der Waals surface area contributed by atoms with E-state index < -0.39 is 17.8 Å². The molecule has 9 heteroatoms. The summed E-state index contributed by atoms with van der Waals surface area (Å²) in [6.07, 6.45) is 0.417. The van der Waals surface area contributed by atoms with Gasteiger partial charge in [0.05, 0.1) is 18.4 Å². The Labute approximate surface area is 183 Å². The topological polar surface area (TPSA) is 77.3 Å². The number of esters is 1. The minimum absolute atomic E-state index is 0.0684. The Kier molecular flexibility index (Phi) is 6.03. The van der Waals surface area contributed by atoms with Crippen molar-refractivity contribution < 1.29 is 18.7 Å². The number of amides is 1. The number of carbonyl (C=O) groups is 2. The lowest BCUT2D eigenvalue weighted by Crippen LogP contribution is -2.49. The number of rotatable bonds is 5. The lowest BCUT2D eigenvalue weighted by molar-refractivity contribution is -0.153. The fraction of sp³-hybridized carbons (Fsp3) is 0.273. The van der Waals surface area contributed by atoms with Crippen molar-refractivity contribution in [1.82, 2.24) is 19.7 Å². The Bertz CT molecular complexity index is 1130. The summed E-state index contributed by atoms with van der Waals surface area (Å²) in [5.41, 5.74) is 2.40. The molecule has 0 saturated carbocycles. The van der Waals surface area contributed by atoms with Crippen LogP contribution in [0.2, 0.25) is 0 Å². The van der Waals surface area contributed by atoms with Crippen molar-refractivity contribution in [2.75, 3.05) is 12.9 Å². The van der Waals surface area contributed by atoms with Crippen molar-refractivity contribution in [1.29, 1.82) is 0 Å². The number of benzene rings is 2. The van der Waals surface area contributed by atoms with Crippen molar-refractivity contribution in [3.63, 3.8) is 0 Å². The van der Waals surface area contributed by atoms with Crippen LogP contribution in [0.5, 0.6) is 0 Å². The van der Waals surface area contributed by atoms with E-state index in [0.717, 1.165) is 11.1 Å². The van der Waals surface area contributed by atoms with Gasteiger partial charge in [0.25, 0.3) is 0 Å². The Morgan fingerprint density at radius 1 is 1.13 bits per heavy atom. The molecule has 31 heavy (non-hydrogen) atoms. The molecule has 1 amide bonds. The first-order valence-corrected chi connectivity index (χ1v) is 10.7. The highest BCUT2D eigenvalue weighted by molar-refractivity contribution is 7.99. The second-order valence-electron chi connectivity index (χ2n) is 7.17. The van der Waals surface area contributed by atoms with Gasteiger partial charge in [0, 0.05) is 20.0 Å². The van der Waals surface area contributed by atoms with Gasteiger partial charge >= 0.3 is 5.97 Å². The molecule has 2 heterocycles. The lowest BCUT2D eigenvalue weighted by Gasteiger charge is -2.35. The number of fused-ring (bicyclic) bond motifs is 1. The monoisotopic (exact) mass is 440 g/mol. The predicted molar refractivity (Wildman–Crippen MR) is 114 cm³/mol. The number of carbonyl (C=O) groups excluding carboxylic acids is 2. The van der Waals surface area contributed by atoms with Gasteiger partial charge in [-0.05, 0) is 23.3 Å². The largest absolute Gasteiger partial charge is 0.467 e. The van der Waals surface area contributed by atoms with Gasteiger partial charge in [0.2, 0.25) is 5.91 Å². The summed E-state index contributed by atoms with van der Waals surface area (Å²) in [7, 11) is 3.05. The van der Waals surface area contributed by atoms with Crippen LogP contribution in [0, 0.1) is 5.82 Å². The molecule has 7 nitrogen and oxygen atoms in total. The van der Waals surface area contributed by atoms with Gasteiger partial charge < -0.3 is 14.2 Å². The number of halogens is 1. The smallest absolute Gasteiger partial charge is 0.328 e. The zero-order valence-corrected chi connectivity index (χ0v) is 17.9. The van der Waals surface area contributed by atoms with E-state index in [9.17, 15) is 14.0 Å². The molecule has 160 valence electrons. The van der Waals surface area contributed by atoms with Gasteiger partial charge in [0.1, 0.15) is 11.9 Å². The van der Waals surface area contributed by atoms with Gasteiger partial charge in [-0.25, -0.2) is 9.18 Å². The summed E-state index contributed by atoms with van der Waals surface area (Å²) in [5.74, 6) is -0.580. The van der Waals surface area contributed by atoms with Crippen LogP contribution < -0.4 is 0 Å². The summed E-state index contributed by atoms with van der Waals surface area (Å²) in [6, 6.07) is 13.4. The van der Waals surface area contributed by atoms with Crippen LogP contribution in [-0.2, 0) is 34.3 Å². The summed E-state index contributed by atoms with van der Waals surface area (Å²) in [5, 5.41) is 8.66. The highest BCUT2D eigenvalue weighted by Crippen LogP contribution is 2.27. The van der Waals surface area contributed by atoms with Crippen molar-refractivity contribution in [3.05, 3.63) is 65.5 Å². The third-order valence-corrected chi connectivity index (χ3v) is 6.32. The van der Waals surface area contributed by atoms with Crippen molar-refractivity contribution in [2.45, 2.75) is 24.2 Å². The zero-order chi connectivity index (χ0) is 22.0. The molecule has 1 aliphatic rings. The van der Waals surface area contributed by atoms with E-state index in [2.05, 4.69) is 10.2 Å². The maximum atomic E-state index is 14.1.